The third-order valence-electron chi connectivity index (χ3n) is 5.82. The third kappa shape index (κ3) is 6.56. The monoisotopic (exact) mass is 446 g/mol. The highest BCUT2D eigenvalue weighted by atomic mass is 19.1. The van der Waals surface area contributed by atoms with E-state index in [1.165, 1.54) is 49.7 Å². The van der Waals surface area contributed by atoms with Crippen LogP contribution in [0.5, 0.6) is 0 Å². The number of likely N-dealkylation sites (tertiary alicyclic amines) is 1. The minimum Gasteiger partial charge on any atom is -0.308 e. The number of aromatic nitrogens is 1. The Kier molecular flexibility index (Phi) is 8.44. The van der Waals surface area contributed by atoms with Gasteiger partial charge in [0, 0.05) is 24.5 Å². The van der Waals surface area contributed by atoms with Crippen LogP contribution < -0.4 is 15.8 Å². The molecular weight excluding hydrogens is 415 g/mol. The number of allylic oxidation sites excluding steroid dienone is 2. The molecule has 1 saturated heterocycles. The van der Waals surface area contributed by atoms with Gasteiger partial charge in [-0.2, -0.15) is 0 Å². The zero-order valence-corrected chi connectivity index (χ0v) is 19.3. The second-order valence-corrected chi connectivity index (χ2v) is 8.29. The lowest BCUT2D eigenvalue weighted by Crippen LogP contribution is -2.31. The molecule has 1 fully saturated rings. The standard InChI is InChI=1S/C27H31FN4O/c1-4-21-17-30-26(31-27(33)22-8-10-24(28)11-9-22)15-23(21)14-19(2)25(16-29)20(3)18-32-12-6-5-7-13-32/h4,8-11,14-17,29H,2,5-7,12-13,18H2,1,3H3,(H,31,33)/b21-4-,23-14-,25-20-,29-16?. The Labute approximate surface area is 194 Å². The number of nitrogens with one attached hydrogen (secondary N) is 2. The summed E-state index contributed by atoms with van der Waals surface area (Å²) in [6.45, 7) is 11.2. The number of anilines is 1. The molecule has 1 amide bonds. The minimum absolute atomic E-state index is 0.349. The maximum absolute atomic E-state index is 13.1. The number of pyridine rings is 1. The predicted octanol–water partition coefficient (Wildman–Crippen LogP) is 4.06. The molecule has 0 radical (unpaired) electrons. The van der Waals surface area contributed by atoms with Crippen LogP contribution in [0.3, 0.4) is 0 Å². The van der Waals surface area contributed by atoms with Crippen LogP contribution in [0.15, 0.2) is 59.8 Å². The SMILES string of the molecule is C=C(/C=c1/cc(NC(=O)c2ccc(F)cc2)nc/c1=C/C)/C(C=N)=C(/C)CN1CCCCC1. The fourth-order valence-corrected chi connectivity index (χ4v) is 4.00. The van der Waals surface area contributed by atoms with Gasteiger partial charge in [0.2, 0.25) is 0 Å². The third-order valence-corrected chi connectivity index (χ3v) is 5.82. The zero-order chi connectivity index (χ0) is 23.8. The van der Waals surface area contributed by atoms with Gasteiger partial charge in [-0.3, -0.25) is 9.69 Å². The first-order valence-corrected chi connectivity index (χ1v) is 11.2. The molecule has 1 aromatic carbocycles. The molecule has 3 rings (SSSR count). The van der Waals surface area contributed by atoms with Gasteiger partial charge in [-0.05, 0) is 103 Å². The zero-order valence-electron chi connectivity index (χ0n) is 19.3. The maximum Gasteiger partial charge on any atom is 0.256 e. The van der Waals surface area contributed by atoms with Crippen molar-refractivity contribution in [2.45, 2.75) is 33.1 Å². The number of halogens is 1. The van der Waals surface area contributed by atoms with Crippen molar-refractivity contribution in [1.82, 2.24) is 9.88 Å². The van der Waals surface area contributed by atoms with E-state index < -0.39 is 5.82 Å². The fraction of sp³-hybridized carbons (Fsp3) is 0.296. The van der Waals surface area contributed by atoms with E-state index >= 15 is 0 Å². The van der Waals surface area contributed by atoms with E-state index in [0.29, 0.717) is 11.4 Å². The summed E-state index contributed by atoms with van der Waals surface area (Å²) in [5.74, 6) is -0.370. The van der Waals surface area contributed by atoms with Crippen LogP contribution in [0.1, 0.15) is 43.5 Å². The highest BCUT2D eigenvalue weighted by Gasteiger charge is 2.13. The van der Waals surface area contributed by atoms with Crippen LogP contribution in [0, 0.1) is 11.2 Å². The molecule has 0 aliphatic carbocycles. The van der Waals surface area contributed by atoms with Gasteiger partial charge in [0.05, 0.1) is 0 Å². The Hall–Kier alpha value is -3.38. The highest BCUT2D eigenvalue weighted by molar-refractivity contribution is 6.03. The van der Waals surface area contributed by atoms with Crippen LogP contribution in [0.25, 0.3) is 12.2 Å². The second-order valence-electron chi connectivity index (χ2n) is 8.29. The Bertz CT molecular complexity index is 1180. The topological polar surface area (TPSA) is 69.1 Å². The average Bonchev–Trinajstić information content (AvgIpc) is 2.81. The van der Waals surface area contributed by atoms with Crippen molar-refractivity contribution in [1.29, 1.82) is 5.41 Å². The van der Waals surface area contributed by atoms with E-state index in [4.69, 9.17) is 5.41 Å². The van der Waals surface area contributed by atoms with Crippen molar-refractivity contribution in [3.05, 3.63) is 81.6 Å². The largest absolute Gasteiger partial charge is 0.308 e. The number of hydrogen-bond donors (Lipinski definition) is 2. The summed E-state index contributed by atoms with van der Waals surface area (Å²) in [7, 11) is 0. The Balaban J connectivity index is 1.86. The maximum atomic E-state index is 13.1. The quantitative estimate of drug-likeness (QED) is 0.498. The van der Waals surface area contributed by atoms with E-state index in [1.807, 2.05) is 19.1 Å². The van der Waals surface area contributed by atoms with Crippen molar-refractivity contribution < 1.29 is 9.18 Å². The molecule has 1 aromatic heterocycles. The molecule has 0 unspecified atom stereocenters. The van der Waals surface area contributed by atoms with Crippen LogP contribution in [-0.4, -0.2) is 41.6 Å². The predicted molar refractivity (Wildman–Crippen MR) is 133 cm³/mol. The number of nitrogens with zero attached hydrogens (tertiary/aromatic N) is 2. The number of carbonyl (C=O) groups is 1. The lowest BCUT2D eigenvalue weighted by Gasteiger charge is -2.27. The molecule has 2 heterocycles. The van der Waals surface area contributed by atoms with E-state index in [-0.39, 0.29) is 5.91 Å². The second kappa shape index (κ2) is 11.5. The van der Waals surface area contributed by atoms with E-state index in [9.17, 15) is 9.18 Å². The van der Waals surface area contributed by atoms with Gasteiger partial charge in [-0.25, -0.2) is 9.37 Å². The smallest absolute Gasteiger partial charge is 0.256 e. The van der Waals surface area contributed by atoms with Crippen molar-refractivity contribution in [3.8, 4) is 0 Å². The van der Waals surface area contributed by atoms with Gasteiger partial charge in [-0.1, -0.05) is 19.1 Å². The number of rotatable bonds is 7. The minimum atomic E-state index is -0.395. The van der Waals surface area contributed by atoms with Crippen molar-refractivity contribution >= 4 is 30.1 Å². The molecule has 0 atom stereocenters. The summed E-state index contributed by atoms with van der Waals surface area (Å²) in [6.07, 6.45) is 10.6. The molecule has 1 aliphatic heterocycles. The van der Waals surface area contributed by atoms with Gasteiger partial charge in [0.1, 0.15) is 11.6 Å². The van der Waals surface area contributed by atoms with Crippen molar-refractivity contribution in [3.63, 3.8) is 0 Å². The van der Waals surface area contributed by atoms with Gasteiger partial charge in [0.25, 0.3) is 5.91 Å². The molecule has 6 heteroatoms. The molecule has 0 spiro atoms. The molecule has 5 nitrogen and oxygen atoms in total. The first-order chi connectivity index (χ1) is 15.9. The van der Waals surface area contributed by atoms with Gasteiger partial charge < -0.3 is 10.7 Å². The van der Waals surface area contributed by atoms with Crippen LogP contribution in [0.4, 0.5) is 10.2 Å². The summed E-state index contributed by atoms with van der Waals surface area (Å²) < 4.78 is 13.1. The van der Waals surface area contributed by atoms with Crippen molar-refractivity contribution in [2.75, 3.05) is 25.0 Å². The van der Waals surface area contributed by atoms with Crippen LogP contribution >= 0.6 is 0 Å². The van der Waals surface area contributed by atoms with Crippen LogP contribution in [-0.2, 0) is 0 Å². The normalized spacial score (nSPS) is 16.3. The van der Waals surface area contributed by atoms with Crippen LogP contribution in [0.2, 0.25) is 0 Å². The first-order valence-electron chi connectivity index (χ1n) is 11.2. The number of carbonyl (C=O) groups excluding carboxylic acids is 1. The number of amides is 1. The number of hydrogen-bond acceptors (Lipinski definition) is 4. The lowest BCUT2D eigenvalue weighted by atomic mass is 10.0. The lowest BCUT2D eigenvalue weighted by molar-refractivity contribution is 0.102. The summed E-state index contributed by atoms with van der Waals surface area (Å²) in [6, 6.07) is 7.14. The summed E-state index contributed by atoms with van der Waals surface area (Å²) in [5, 5.41) is 12.5. The molecule has 1 aliphatic rings. The Morgan fingerprint density at radius 3 is 2.55 bits per heavy atom. The van der Waals surface area contributed by atoms with Gasteiger partial charge in [0.15, 0.2) is 0 Å². The van der Waals surface area contributed by atoms with Gasteiger partial charge >= 0.3 is 0 Å². The number of benzene rings is 1. The van der Waals surface area contributed by atoms with E-state index in [0.717, 1.165) is 46.8 Å². The molecule has 172 valence electrons. The molecule has 0 saturated carbocycles. The highest BCUT2D eigenvalue weighted by Crippen LogP contribution is 2.17. The Morgan fingerprint density at radius 2 is 1.91 bits per heavy atom. The first kappa shape index (κ1) is 24.3. The number of piperidine rings is 1. The van der Waals surface area contributed by atoms with E-state index in [1.54, 1.807) is 12.3 Å². The van der Waals surface area contributed by atoms with Gasteiger partial charge in [-0.15, -0.1) is 0 Å². The summed E-state index contributed by atoms with van der Waals surface area (Å²) >= 11 is 0. The molecule has 2 N–H and O–H groups in total. The summed E-state index contributed by atoms with van der Waals surface area (Å²) in [5.41, 5.74) is 3.02. The van der Waals surface area contributed by atoms with Crippen molar-refractivity contribution in [2.24, 2.45) is 0 Å². The van der Waals surface area contributed by atoms with E-state index in [2.05, 4.69) is 28.7 Å². The summed E-state index contributed by atoms with van der Waals surface area (Å²) in [4.78, 5) is 19.2. The molecule has 33 heavy (non-hydrogen) atoms. The molecule has 0 bridgehead atoms. The average molecular weight is 447 g/mol. The fourth-order valence-electron chi connectivity index (χ4n) is 4.00. The Morgan fingerprint density at radius 1 is 1.21 bits per heavy atom. The molecule has 2 aromatic rings. The molecular formula is C27H31FN4O.